The van der Waals surface area contributed by atoms with Gasteiger partial charge in [0.2, 0.25) is 0 Å². The summed E-state index contributed by atoms with van der Waals surface area (Å²) in [5.41, 5.74) is -1.13. The standard InChI is InChI=1S/C14H15N3O4/c18-12(16-14(13(19)20)5-1-6-14)11-4-3-10(21-11)9-17-8-2-7-15-17/h2-4,7-8H,1,5-6,9H2,(H,16,18)(H,19,20). The molecule has 2 aromatic rings. The first kappa shape index (κ1) is 13.4. The molecule has 2 heterocycles. The maximum atomic E-state index is 12.1. The molecule has 0 bridgehead atoms. The number of carboxylic acids is 1. The first-order chi connectivity index (χ1) is 10.1. The lowest BCUT2D eigenvalue weighted by molar-refractivity contribution is -0.148. The van der Waals surface area contributed by atoms with Crippen molar-refractivity contribution in [1.29, 1.82) is 0 Å². The van der Waals surface area contributed by atoms with Crippen molar-refractivity contribution >= 4 is 11.9 Å². The van der Waals surface area contributed by atoms with Crippen LogP contribution in [0.5, 0.6) is 0 Å². The second kappa shape index (κ2) is 5.08. The zero-order valence-electron chi connectivity index (χ0n) is 11.3. The monoisotopic (exact) mass is 289 g/mol. The van der Waals surface area contributed by atoms with Gasteiger partial charge >= 0.3 is 5.97 Å². The van der Waals surface area contributed by atoms with E-state index in [-0.39, 0.29) is 5.76 Å². The van der Waals surface area contributed by atoms with Crippen molar-refractivity contribution in [3.63, 3.8) is 0 Å². The Labute approximate surface area is 120 Å². The Balaban J connectivity index is 1.68. The van der Waals surface area contributed by atoms with Gasteiger partial charge in [-0.3, -0.25) is 9.48 Å². The van der Waals surface area contributed by atoms with Gasteiger partial charge in [0.25, 0.3) is 5.91 Å². The Morgan fingerprint density at radius 1 is 1.43 bits per heavy atom. The van der Waals surface area contributed by atoms with Crippen molar-refractivity contribution in [3.8, 4) is 0 Å². The minimum absolute atomic E-state index is 0.115. The second-order valence-corrected chi connectivity index (χ2v) is 5.16. The number of aliphatic carboxylic acids is 1. The fraction of sp³-hybridized carbons (Fsp3) is 0.357. The van der Waals surface area contributed by atoms with E-state index in [1.54, 1.807) is 35.3 Å². The summed E-state index contributed by atoms with van der Waals surface area (Å²) in [6, 6.07) is 5.02. The minimum Gasteiger partial charge on any atom is -0.480 e. The smallest absolute Gasteiger partial charge is 0.329 e. The van der Waals surface area contributed by atoms with Gasteiger partial charge < -0.3 is 14.8 Å². The lowest BCUT2D eigenvalue weighted by atomic mass is 9.76. The largest absolute Gasteiger partial charge is 0.480 e. The molecule has 0 radical (unpaired) electrons. The fourth-order valence-electron chi connectivity index (χ4n) is 2.34. The fourth-order valence-corrected chi connectivity index (χ4v) is 2.34. The van der Waals surface area contributed by atoms with Gasteiger partial charge in [0.05, 0.1) is 6.54 Å². The molecule has 2 aromatic heterocycles. The predicted molar refractivity (Wildman–Crippen MR) is 71.7 cm³/mol. The molecule has 0 unspecified atom stereocenters. The predicted octanol–water partition coefficient (Wildman–Crippen LogP) is 1.26. The van der Waals surface area contributed by atoms with Crippen LogP contribution in [0.15, 0.2) is 35.0 Å². The van der Waals surface area contributed by atoms with E-state index in [4.69, 9.17) is 4.42 Å². The number of carbonyl (C=O) groups is 2. The van der Waals surface area contributed by atoms with Gasteiger partial charge in [-0.2, -0.15) is 5.10 Å². The van der Waals surface area contributed by atoms with E-state index in [1.165, 1.54) is 0 Å². The summed E-state index contributed by atoms with van der Waals surface area (Å²) in [7, 11) is 0. The van der Waals surface area contributed by atoms with E-state index < -0.39 is 17.4 Å². The molecule has 0 aliphatic heterocycles. The number of furan rings is 1. The summed E-state index contributed by atoms with van der Waals surface area (Å²) >= 11 is 0. The van der Waals surface area contributed by atoms with Gasteiger partial charge in [-0.15, -0.1) is 0 Å². The summed E-state index contributed by atoms with van der Waals surface area (Å²) in [5.74, 6) is -0.791. The van der Waals surface area contributed by atoms with E-state index in [0.717, 1.165) is 6.42 Å². The maximum absolute atomic E-state index is 12.1. The average molecular weight is 289 g/mol. The molecule has 0 atom stereocenters. The van der Waals surface area contributed by atoms with E-state index in [9.17, 15) is 14.7 Å². The third kappa shape index (κ3) is 2.54. The molecule has 3 rings (SSSR count). The molecule has 1 aliphatic rings. The highest BCUT2D eigenvalue weighted by Gasteiger charge is 2.46. The molecule has 1 aliphatic carbocycles. The number of carbonyl (C=O) groups excluding carboxylic acids is 1. The van der Waals surface area contributed by atoms with Gasteiger partial charge in [-0.25, -0.2) is 4.79 Å². The number of nitrogens with one attached hydrogen (secondary N) is 1. The first-order valence-corrected chi connectivity index (χ1v) is 6.71. The quantitative estimate of drug-likeness (QED) is 0.863. The number of rotatable bonds is 5. The van der Waals surface area contributed by atoms with Crippen LogP contribution in [-0.4, -0.2) is 32.3 Å². The van der Waals surface area contributed by atoms with Gasteiger partial charge in [0.1, 0.15) is 11.3 Å². The minimum atomic E-state index is -1.13. The molecular weight excluding hydrogens is 274 g/mol. The second-order valence-electron chi connectivity index (χ2n) is 5.16. The number of carboxylic acid groups (broad SMARTS) is 1. The summed E-state index contributed by atoms with van der Waals surface area (Å²) in [6.45, 7) is 0.421. The number of hydrogen-bond donors (Lipinski definition) is 2. The van der Waals surface area contributed by atoms with Crippen LogP contribution in [0.4, 0.5) is 0 Å². The lowest BCUT2D eigenvalue weighted by Crippen LogP contribution is -2.59. The van der Waals surface area contributed by atoms with Gasteiger partial charge in [-0.05, 0) is 37.5 Å². The lowest BCUT2D eigenvalue weighted by Gasteiger charge is -2.37. The van der Waals surface area contributed by atoms with Crippen molar-refractivity contribution in [3.05, 3.63) is 42.1 Å². The van der Waals surface area contributed by atoms with Crippen LogP contribution in [0.1, 0.15) is 35.6 Å². The molecule has 0 saturated heterocycles. The van der Waals surface area contributed by atoms with E-state index in [0.29, 0.717) is 25.1 Å². The zero-order valence-corrected chi connectivity index (χ0v) is 11.3. The Morgan fingerprint density at radius 2 is 2.24 bits per heavy atom. The molecule has 7 nitrogen and oxygen atoms in total. The number of amides is 1. The summed E-state index contributed by atoms with van der Waals surface area (Å²) < 4.78 is 7.12. The molecular formula is C14H15N3O4. The normalized spacial score (nSPS) is 16.2. The van der Waals surface area contributed by atoms with E-state index >= 15 is 0 Å². The van der Waals surface area contributed by atoms with E-state index in [2.05, 4.69) is 10.4 Å². The Bertz CT molecular complexity index is 656. The summed E-state index contributed by atoms with van der Waals surface area (Å²) in [6.07, 6.45) is 5.15. The number of nitrogens with zero attached hydrogens (tertiary/aromatic N) is 2. The van der Waals surface area contributed by atoms with Crippen molar-refractivity contribution in [1.82, 2.24) is 15.1 Å². The van der Waals surface area contributed by atoms with Gasteiger partial charge in [0.15, 0.2) is 5.76 Å². The Hall–Kier alpha value is -2.57. The van der Waals surface area contributed by atoms with Crippen molar-refractivity contribution in [2.75, 3.05) is 0 Å². The van der Waals surface area contributed by atoms with Crippen molar-refractivity contribution < 1.29 is 19.1 Å². The molecule has 2 N–H and O–H groups in total. The molecule has 1 saturated carbocycles. The van der Waals surface area contributed by atoms with Crippen LogP contribution in [-0.2, 0) is 11.3 Å². The highest BCUT2D eigenvalue weighted by atomic mass is 16.4. The van der Waals surface area contributed by atoms with Gasteiger partial charge in [0, 0.05) is 12.4 Å². The van der Waals surface area contributed by atoms with E-state index in [1.807, 2.05) is 0 Å². The Kier molecular flexibility index (Phi) is 3.25. The molecule has 1 fully saturated rings. The van der Waals surface area contributed by atoms with Gasteiger partial charge in [-0.1, -0.05) is 0 Å². The third-order valence-corrected chi connectivity index (χ3v) is 3.73. The molecule has 0 aromatic carbocycles. The SMILES string of the molecule is O=C(NC1(C(=O)O)CCC1)c1ccc(Cn2cccn2)o1. The molecule has 21 heavy (non-hydrogen) atoms. The Morgan fingerprint density at radius 3 is 2.81 bits per heavy atom. The molecule has 1 amide bonds. The topological polar surface area (TPSA) is 97.4 Å². The summed E-state index contributed by atoms with van der Waals surface area (Å²) in [5, 5.41) is 15.8. The molecule has 0 spiro atoms. The average Bonchev–Trinajstić information content (AvgIpc) is 3.05. The summed E-state index contributed by atoms with van der Waals surface area (Å²) in [4.78, 5) is 23.3. The highest BCUT2D eigenvalue weighted by Crippen LogP contribution is 2.32. The number of aromatic nitrogens is 2. The van der Waals surface area contributed by atoms with Crippen LogP contribution in [0.2, 0.25) is 0 Å². The van der Waals surface area contributed by atoms with Crippen LogP contribution in [0, 0.1) is 0 Å². The van der Waals surface area contributed by atoms with Crippen LogP contribution >= 0.6 is 0 Å². The van der Waals surface area contributed by atoms with Crippen LogP contribution in [0.3, 0.4) is 0 Å². The number of hydrogen-bond acceptors (Lipinski definition) is 4. The highest BCUT2D eigenvalue weighted by molar-refractivity contribution is 5.96. The van der Waals surface area contributed by atoms with Crippen molar-refractivity contribution in [2.24, 2.45) is 0 Å². The molecule has 7 heteroatoms. The zero-order chi connectivity index (χ0) is 14.9. The first-order valence-electron chi connectivity index (χ1n) is 6.71. The maximum Gasteiger partial charge on any atom is 0.329 e. The third-order valence-electron chi connectivity index (χ3n) is 3.73. The van der Waals surface area contributed by atoms with Crippen molar-refractivity contribution in [2.45, 2.75) is 31.3 Å². The van der Waals surface area contributed by atoms with Crippen LogP contribution < -0.4 is 5.32 Å². The van der Waals surface area contributed by atoms with Crippen LogP contribution in [0.25, 0.3) is 0 Å². The molecule has 110 valence electrons.